The van der Waals surface area contributed by atoms with Crippen molar-refractivity contribution in [2.75, 3.05) is 6.61 Å². The van der Waals surface area contributed by atoms with E-state index in [1.165, 1.54) is 6.42 Å². The minimum Gasteiger partial charge on any atom is -0.392 e. The molecule has 0 saturated heterocycles. The molecule has 0 aromatic carbocycles. The van der Waals surface area contributed by atoms with Crippen LogP contribution in [0.3, 0.4) is 0 Å². The molecule has 1 aliphatic carbocycles. The summed E-state index contributed by atoms with van der Waals surface area (Å²) in [5.74, 6) is 1.43. The average molecular weight is 112 g/mol. The third-order valence-corrected chi connectivity index (χ3v) is 1.84. The van der Waals surface area contributed by atoms with Crippen LogP contribution in [0.15, 0.2) is 12.2 Å². The van der Waals surface area contributed by atoms with Crippen LogP contribution in [0.25, 0.3) is 0 Å². The Morgan fingerprint density at radius 2 is 2.38 bits per heavy atom. The Kier molecular flexibility index (Phi) is 1.39. The molecule has 2 atom stereocenters. The first-order valence-corrected chi connectivity index (χ1v) is 3.04. The van der Waals surface area contributed by atoms with Crippen molar-refractivity contribution < 1.29 is 5.11 Å². The summed E-state index contributed by atoms with van der Waals surface area (Å²) in [6, 6.07) is 0. The van der Waals surface area contributed by atoms with Gasteiger partial charge in [-0.3, -0.25) is 0 Å². The highest BCUT2D eigenvalue weighted by molar-refractivity contribution is 5.10. The van der Waals surface area contributed by atoms with Gasteiger partial charge < -0.3 is 5.11 Å². The summed E-state index contributed by atoms with van der Waals surface area (Å²) in [5.41, 5.74) is 1.01. The van der Waals surface area contributed by atoms with E-state index in [1.807, 2.05) is 0 Å². The molecular formula is C7H12O. The summed E-state index contributed by atoms with van der Waals surface area (Å²) < 4.78 is 0. The van der Waals surface area contributed by atoms with Crippen molar-refractivity contribution in [1.29, 1.82) is 0 Å². The SMILES string of the molecule is C=C(CO)[C@@H]1C[C@H]1C. The highest BCUT2D eigenvalue weighted by Crippen LogP contribution is 2.42. The fraction of sp³-hybridized carbons (Fsp3) is 0.714. The van der Waals surface area contributed by atoms with E-state index < -0.39 is 0 Å². The van der Waals surface area contributed by atoms with Gasteiger partial charge in [0, 0.05) is 0 Å². The second-order valence-electron chi connectivity index (χ2n) is 2.64. The fourth-order valence-electron chi connectivity index (χ4n) is 1.01. The summed E-state index contributed by atoms with van der Waals surface area (Å²) in [7, 11) is 0. The van der Waals surface area contributed by atoms with Crippen LogP contribution >= 0.6 is 0 Å². The van der Waals surface area contributed by atoms with Crippen molar-refractivity contribution in [2.24, 2.45) is 11.8 Å². The van der Waals surface area contributed by atoms with Crippen molar-refractivity contribution in [1.82, 2.24) is 0 Å². The minimum atomic E-state index is 0.176. The van der Waals surface area contributed by atoms with Crippen LogP contribution in [0.5, 0.6) is 0 Å². The molecule has 0 unspecified atom stereocenters. The number of hydrogen-bond donors (Lipinski definition) is 1. The van der Waals surface area contributed by atoms with Crippen molar-refractivity contribution in [2.45, 2.75) is 13.3 Å². The van der Waals surface area contributed by atoms with Crippen molar-refractivity contribution in [3.05, 3.63) is 12.2 Å². The van der Waals surface area contributed by atoms with Gasteiger partial charge in [-0.1, -0.05) is 13.5 Å². The summed E-state index contributed by atoms with van der Waals surface area (Å²) in [5, 5.41) is 8.56. The maximum absolute atomic E-state index is 8.56. The zero-order valence-corrected chi connectivity index (χ0v) is 5.22. The second-order valence-corrected chi connectivity index (χ2v) is 2.64. The number of aliphatic hydroxyl groups excluding tert-OH is 1. The number of aliphatic hydroxyl groups is 1. The third kappa shape index (κ3) is 0.920. The maximum Gasteiger partial charge on any atom is 0.0641 e. The van der Waals surface area contributed by atoms with Crippen molar-refractivity contribution in [3.63, 3.8) is 0 Å². The van der Waals surface area contributed by atoms with Gasteiger partial charge in [-0.25, -0.2) is 0 Å². The van der Waals surface area contributed by atoms with E-state index in [-0.39, 0.29) is 6.61 Å². The normalized spacial score (nSPS) is 34.8. The fourth-order valence-corrected chi connectivity index (χ4v) is 1.01. The molecule has 1 rings (SSSR count). The molecule has 0 aromatic rings. The minimum absolute atomic E-state index is 0.176. The lowest BCUT2D eigenvalue weighted by atomic mass is 10.2. The molecule has 1 heteroatoms. The predicted octanol–water partition coefficient (Wildman–Crippen LogP) is 1.19. The van der Waals surface area contributed by atoms with Gasteiger partial charge in [0.1, 0.15) is 0 Å². The Morgan fingerprint density at radius 1 is 1.88 bits per heavy atom. The molecule has 1 nitrogen and oxygen atoms in total. The monoisotopic (exact) mass is 112 g/mol. The summed E-state index contributed by atoms with van der Waals surface area (Å²) in [4.78, 5) is 0. The largest absolute Gasteiger partial charge is 0.392 e. The van der Waals surface area contributed by atoms with Crippen molar-refractivity contribution in [3.8, 4) is 0 Å². The van der Waals surface area contributed by atoms with Crippen LogP contribution in [0.1, 0.15) is 13.3 Å². The molecule has 8 heavy (non-hydrogen) atoms. The number of hydrogen-bond acceptors (Lipinski definition) is 1. The molecule has 0 aromatic heterocycles. The van der Waals surface area contributed by atoms with Crippen LogP contribution < -0.4 is 0 Å². The highest BCUT2D eigenvalue weighted by atomic mass is 16.3. The lowest BCUT2D eigenvalue weighted by molar-refractivity contribution is 0.324. The predicted molar refractivity (Wildman–Crippen MR) is 33.5 cm³/mol. The van der Waals surface area contributed by atoms with Gasteiger partial charge in [-0.2, -0.15) is 0 Å². The van der Waals surface area contributed by atoms with Crippen LogP contribution in [-0.2, 0) is 0 Å². The smallest absolute Gasteiger partial charge is 0.0641 e. The van der Waals surface area contributed by atoms with Gasteiger partial charge in [-0.05, 0) is 23.8 Å². The van der Waals surface area contributed by atoms with Gasteiger partial charge in [-0.15, -0.1) is 0 Å². The standard InChI is InChI=1S/C7H12O/c1-5-3-7(5)6(2)4-8/h5,7-8H,2-4H2,1H3/t5-,7-/m1/s1. The van der Waals surface area contributed by atoms with Gasteiger partial charge >= 0.3 is 0 Å². The molecule has 1 saturated carbocycles. The van der Waals surface area contributed by atoms with Gasteiger partial charge in [0.05, 0.1) is 6.61 Å². The molecule has 0 radical (unpaired) electrons. The van der Waals surface area contributed by atoms with E-state index in [0.29, 0.717) is 5.92 Å². The molecule has 0 aliphatic heterocycles. The second kappa shape index (κ2) is 1.90. The van der Waals surface area contributed by atoms with E-state index in [0.717, 1.165) is 11.5 Å². The van der Waals surface area contributed by atoms with E-state index in [2.05, 4.69) is 13.5 Å². The molecule has 1 fully saturated rings. The Bertz CT molecular complexity index is 107. The molecule has 0 spiro atoms. The van der Waals surface area contributed by atoms with Gasteiger partial charge in [0.2, 0.25) is 0 Å². The zero-order valence-electron chi connectivity index (χ0n) is 5.22. The van der Waals surface area contributed by atoms with E-state index in [1.54, 1.807) is 0 Å². The van der Waals surface area contributed by atoms with E-state index in [9.17, 15) is 0 Å². The van der Waals surface area contributed by atoms with E-state index in [4.69, 9.17) is 5.11 Å². The molecule has 0 bridgehead atoms. The van der Waals surface area contributed by atoms with Crippen LogP contribution in [-0.4, -0.2) is 11.7 Å². The average Bonchev–Trinajstić information content (AvgIpc) is 2.45. The van der Waals surface area contributed by atoms with Crippen LogP contribution in [0, 0.1) is 11.8 Å². The third-order valence-electron chi connectivity index (χ3n) is 1.84. The first kappa shape index (κ1) is 5.83. The quantitative estimate of drug-likeness (QED) is 0.532. The molecule has 1 aliphatic rings. The van der Waals surface area contributed by atoms with Gasteiger partial charge in [0.15, 0.2) is 0 Å². The van der Waals surface area contributed by atoms with Gasteiger partial charge in [0.25, 0.3) is 0 Å². The van der Waals surface area contributed by atoms with Crippen LogP contribution in [0.4, 0.5) is 0 Å². The van der Waals surface area contributed by atoms with E-state index >= 15 is 0 Å². The summed E-state index contributed by atoms with van der Waals surface area (Å²) in [6.07, 6.45) is 1.24. The Hall–Kier alpha value is -0.300. The maximum atomic E-state index is 8.56. The summed E-state index contributed by atoms with van der Waals surface area (Å²) in [6.45, 7) is 6.10. The summed E-state index contributed by atoms with van der Waals surface area (Å²) >= 11 is 0. The Labute approximate surface area is 50.0 Å². The molecule has 46 valence electrons. The lowest BCUT2D eigenvalue weighted by Crippen LogP contribution is -1.90. The molecule has 0 heterocycles. The lowest BCUT2D eigenvalue weighted by Gasteiger charge is -1.94. The Balaban J connectivity index is 2.28. The zero-order chi connectivity index (χ0) is 6.15. The first-order chi connectivity index (χ1) is 3.75. The van der Waals surface area contributed by atoms with Crippen molar-refractivity contribution >= 4 is 0 Å². The molecule has 0 amide bonds. The topological polar surface area (TPSA) is 20.2 Å². The Morgan fingerprint density at radius 3 is 2.50 bits per heavy atom. The highest BCUT2D eigenvalue weighted by Gasteiger charge is 2.33. The molecular weight excluding hydrogens is 100 g/mol. The number of rotatable bonds is 2. The van der Waals surface area contributed by atoms with Crippen LogP contribution in [0.2, 0.25) is 0 Å². The first-order valence-electron chi connectivity index (χ1n) is 3.04. The molecule has 1 N–H and O–H groups in total.